The molecule has 0 unspecified atom stereocenters. The highest BCUT2D eigenvalue weighted by molar-refractivity contribution is 8.68. The van der Waals surface area contributed by atoms with E-state index in [2.05, 4.69) is 21.6 Å². The summed E-state index contributed by atoms with van der Waals surface area (Å²) < 4.78 is 0. The molecule has 1 aromatic heterocycles. The Bertz CT molecular complexity index is 246. The minimum Gasteiger partial charge on any atom is -0.314 e. The van der Waals surface area contributed by atoms with E-state index in [1.807, 2.05) is 0 Å². The predicted octanol–water partition coefficient (Wildman–Crippen LogP) is 0.707. The summed E-state index contributed by atoms with van der Waals surface area (Å²) in [5, 5.41) is 0.658. The maximum atomic E-state index is 10.5. The van der Waals surface area contributed by atoms with Gasteiger partial charge in [-0.3, -0.25) is 9.78 Å². The lowest BCUT2D eigenvalue weighted by Crippen LogP contribution is -2.04. The number of nitrogens with one attached hydrogen (secondary N) is 1. The fraction of sp³-hybridized carbons (Fsp3) is 0. The van der Waals surface area contributed by atoms with E-state index in [1.54, 1.807) is 6.20 Å². The average molecular weight is 160 g/mol. The Balaban J connectivity index is 3.08. The van der Waals surface area contributed by atoms with E-state index >= 15 is 0 Å². The van der Waals surface area contributed by atoms with Crippen molar-refractivity contribution in [2.75, 3.05) is 0 Å². The zero-order valence-electron chi connectivity index (χ0n) is 4.37. The zero-order chi connectivity index (χ0) is 6.69. The van der Waals surface area contributed by atoms with Gasteiger partial charge in [0.15, 0.2) is 0 Å². The number of aromatic amines is 1. The Morgan fingerprint density at radius 1 is 1.67 bits per heavy atom. The van der Waals surface area contributed by atoms with Crippen LogP contribution >= 0.6 is 22.5 Å². The molecule has 1 rings (SSSR count). The van der Waals surface area contributed by atoms with E-state index in [-0.39, 0.29) is 5.56 Å². The van der Waals surface area contributed by atoms with Gasteiger partial charge in [0.25, 0.3) is 5.56 Å². The number of thiol groups is 1. The Morgan fingerprint density at radius 3 is 2.89 bits per heavy atom. The standard InChI is InChI=1S/C4H4N2OS2/c7-3-1-5-2-4(6-3)9-8/h1-2,8H,(H,6,7). The van der Waals surface area contributed by atoms with Crippen LogP contribution in [0.2, 0.25) is 0 Å². The SMILES string of the molecule is O=c1cncc(SS)[nH]1. The third-order valence-electron chi connectivity index (χ3n) is 0.728. The summed E-state index contributed by atoms with van der Waals surface area (Å²) in [7, 11) is 1.16. The van der Waals surface area contributed by atoms with Crippen LogP contribution in [0.1, 0.15) is 0 Å². The van der Waals surface area contributed by atoms with Gasteiger partial charge in [0, 0.05) is 0 Å². The molecule has 0 aliphatic heterocycles. The highest BCUT2D eigenvalue weighted by Crippen LogP contribution is 2.14. The van der Waals surface area contributed by atoms with Crippen LogP contribution in [0.15, 0.2) is 22.2 Å². The van der Waals surface area contributed by atoms with Gasteiger partial charge in [-0.2, -0.15) is 0 Å². The van der Waals surface area contributed by atoms with Crippen LogP contribution in [0.25, 0.3) is 0 Å². The summed E-state index contributed by atoms with van der Waals surface area (Å²) in [4.78, 5) is 16.7. The van der Waals surface area contributed by atoms with E-state index in [4.69, 9.17) is 0 Å². The van der Waals surface area contributed by atoms with Gasteiger partial charge in [0.1, 0.15) is 5.03 Å². The van der Waals surface area contributed by atoms with Crippen LogP contribution in [0.3, 0.4) is 0 Å². The van der Waals surface area contributed by atoms with E-state index in [1.165, 1.54) is 6.20 Å². The number of hydrogen-bond donors (Lipinski definition) is 2. The van der Waals surface area contributed by atoms with Gasteiger partial charge in [-0.05, 0) is 10.8 Å². The minimum absolute atomic E-state index is 0.200. The zero-order valence-corrected chi connectivity index (χ0v) is 6.08. The lowest BCUT2D eigenvalue weighted by molar-refractivity contribution is 1.01. The molecule has 0 saturated carbocycles. The first-order chi connectivity index (χ1) is 4.33. The van der Waals surface area contributed by atoms with Crippen molar-refractivity contribution in [3.05, 3.63) is 22.7 Å². The van der Waals surface area contributed by atoms with Gasteiger partial charge in [-0.1, -0.05) is 0 Å². The van der Waals surface area contributed by atoms with Crippen LogP contribution in [-0.2, 0) is 0 Å². The van der Waals surface area contributed by atoms with E-state index in [0.717, 1.165) is 10.8 Å². The van der Waals surface area contributed by atoms with Crippen molar-refractivity contribution in [1.82, 2.24) is 9.97 Å². The predicted molar refractivity (Wildman–Crippen MR) is 39.7 cm³/mol. The molecule has 1 heterocycles. The molecule has 0 aromatic carbocycles. The van der Waals surface area contributed by atoms with Gasteiger partial charge in [-0.15, -0.1) is 11.7 Å². The molecule has 0 bridgehead atoms. The quantitative estimate of drug-likeness (QED) is 0.469. The summed E-state index contributed by atoms with van der Waals surface area (Å²) in [5.41, 5.74) is -0.200. The third kappa shape index (κ3) is 1.76. The summed E-state index contributed by atoms with van der Waals surface area (Å²) in [5.74, 6) is 0. The molecule has 0 atom stereocenters. The monoisotopic (exact) mass is 160 g/mol. The first kappa shape index (κ1) is 6.70. The lowest BCUT2D eigenvalue weighted by atomic mass is 10.7. The van der Waals surface area contributed by atoms with Crippen molar-refractivity contribution in [3.63, 3.8) is 0 Å². The number of nitrogens with zero attached hydrogens (tertiary/aromatic N) is 1. The molecule has 0 aliphatic carbocycles. The molecule has 48 valence electrons. The van der Waals surface area contributed by atoms with Crippen LogP contribution in [0, 0.1) is 0 Å². The van der Waals surface area contributed by atoms with Gasteiger partial charge in [0.2, 0.25) is 0 Å². The van der Waals surface area contributed by atoms with Gasteiger partial charge in [-0.25, -0.2) is 0 Å². The highest BCUT2D eigenvalue weighted by Gasteiger charge is 1.87. The first-order valence-electron chi connectivity index (χ1n) is 2.18. The van der Waals surface area contributed by atoms with Crippen molar-refractivity contribution in [3.8, 4) is 0 Å². The normalized spacial score (nSPS) is 9.44. The molecular formula is C4H4N2OS2. The fourth-order valence-electron chi connectivity index (χ4n) is 0.405. The number of hydrogen-bond acceptors (Lipinski definition) is 4. The van der Waals surface area contributed by atoms with E-state index < -0.39 is 0 Å². The van der Waals surface area contributed by atoms with Crippen LogP contribution < -0.4 is 5.56 Å². The Labute approximate surface area is 60.7 Å². The largest absolute Gasteiger partial charge is 0.314 e. The van der Waals surface area contributed by atoms with Crippen LogP contribution in [0.4, 0.5) is 0 Å². The Hall–Kier alpha value is -0.420. The maximum absolute atomic E-state index is 10.5. The highest BCUT2D eigenvalue weighted by atomic mass is 33.1. The van der Waals surface area contributed by atoms with E-state index in [9.17, 15) is 4.79 Å². The summed E-state index contributed by atoms with van der Waals surface area (Å²) in [6, 6.07) is 0. The van der Waals surface area contributed by atoms with Crippen molar-refractivity contribution < 1.29 is 0 Å². The molecule has 0 radical (unpaired) electrons. The molecule has 0 amide bonds. The number of H-pyrrole nitrogens is 1. The molecule has 1 aromatic rings. The summed E-state index contributed by atoms with van der Waals surface area (Å²) in [6.45, 7) is 0. The summed E-state index contributed by atoms with van der Waals surface area (Å²) in [6.07, 6.45) is 2.76. The lowest BCUT2D eigenvalue weighted by Gasteiger charge is -1.88. The van der Waals surface area contributed by atoms with Gasteiger partial charge >= 0.3 is 0 Å². The smallest absolute Gasteiger partial charge is 0.267 e. The van der Waals surface area contributed by atoms with Crippen molar-refractivity contribution in [1.29, 1.82) is 0 Å². The molecular weight excluding hydrogens is 156 g/mol. The Morgan fingerprint density at radius 2 is 2.44 bits per heavy atom. The van der Waals surface area contributed by atoms with Crippen molar-refractivity contribution in [2.24, 2.45) is 0 Å². The number of rotatable bonds is 1. The van der Waals surface area contributed by atoms with E-state index in [0.29, 0.717) is 5.03 Å². The van der Waals surface area contributed by atoms with Crippen molar-refractivity contribution in [2.45, 2.75) is 5.03 Å². The maximum Gasteiger partial charge on any atom is 0.267 e. The second kappa shape index (κ2) is 2.93. The second-order valence-electron chi connectivity index (χ2n) is 1.35. The minimum atomic E-state index is -0.200. The fourth-order valence-corrected chi connectivity index (χ4v) is 0.938. The first-order valence-corrected chi connectivity index (χ1v) is 4.05. The summed E-state index contributed by atoms with van der Waals surface area (Å²) >= 11 is 3.86. The topological polar surface area (TPSA) is 45.8 Å². The molecule has 9 heavy (non-hydrogen) atoms. The van der Waals surface area contributed by atoms with Gasteiger partial charge in [0.05, 0.1) is 12.4 Å². The second-order valence-corrected chi connectivity index (χ2v) is 2.52. The Kier molecular flexibility index (Phi) is 2.18. The molecule has 1 N–H and O–H groups in total. The average Bonchev–Trinajstić information content (AvgIpc) is 1.88. The van der Waals surface area contributed by atoms with Gasteiger partial charge < -0.3 is 4.98 Å². The molecule has 0 aliphatic rings. The third-order valence-corrected chi connectivity index (χ3v) is 1.72. The molecule has 0 fully saturated rings. The molecule has 5 heteroatoms. The molecule has 0 spiro atoms. The van der Waals surface area contributed by atoms with Crippen LogP contribution in [-0.4, -0.2) is 9.97 Å². The van der Waals surface area contributed by atoms with Crippen LogP contribution in [0.5, 0.6) is 0 Å². The molecule has 0 saturated heterocycles. The number of aromatic nitrogens is 2. The molecule has 3 nitrogen and oxygen atoms in total. The van der Waals surface area contributed by atoms with Crippen molar-refractivity contribution >= 4 is 22.5 Å².